The molecule has 12 heteroatoms. The van der Waals surface area contributed by atoms with Gasteiger partial charge >= 0.3 is 12.4 Å². The Bertz CT molecular complexity index is 1750. The van der Waals surface area contributed by atoms with Crippen LogP contribution >= 0.6 is 23.2 Å². The molecule has 0 aliphatic carbocycles. The summed E-state index contributed by atoms with van der Waals surface area (Å²) < 4.78 is 82.8. The maximum atomic E-state index is 13.8. The van der Waals surface area contributed by atoms with Crippen molar-refractivity contribution in [3.8, 4) is 0 Å². The average molecular weight is 765 g/mol. The number of carbonyl (C=O) groups is 1. The zero-order chi connectivity index (χ0) is 37.5. The molecule has 1 heterocycles. The Labute approximate surface area is 310 Å². The normalized spacial score (nSPS) is 15.8. The number of rotatable bonds is 13. The van der Waals surface area contributed by atoms with Gasteiger partial charge in [0.2, 0.25) is 5.91 Å². The third-order valence-corrected chi connectivity index (χ3v) is 10.5. The van der Waals surface area contributed by atoms with E-state index < -0.39 is 29.0 Å². The number of carbonyl (C=O) groups excluding carboxylic acids is 1. The maximum absolute atomic E-state index is 13.8. The Balaban J connectivity index is 1.40. The van der Waals surface area contributed by atoms with Crippen molar-refractivity contribution >= 4 is 29.1 Å². The van der Waals surface area contributed by atoms with Gasteiger partial charge < -0.3 is 10.2 Å². The third kappa shape index (κ3) is 10.7. The van der Waals surface area contributed by atoms with Crippen molar-refractivity contribution in [3.63, 3.8) is 0 Å². The van der Waals surface area contributed by atoms with E-state index in [1.807, 2.05) is 71.6 Å². The summed E-state index contributed by atoms with van der Waals surface area (Å²) in [4.78, 5) is 16.5. The van der Waals surface area contributed by atoms with Crippen molar-refractivity contribution in [3.05, 3.63) is 140 Å². The Morgan fingerprint density at radius 1 is 0.808 bits per heavy atom. The quantitative estimate of drug-likeness (QED) is 0.138. The van der Waals surface area contributed by atoms with Gasteiger partial charge in [0.15, 0.2) is 0 Å². The second-order valence-electron chi connectivity index (χ2n) is 13.5. The summed E-state index contributed by atoms with van der Waals surface area (Å²) in [6.45, 7) is 4.22. The SMILES string of the molecule is CC(=O)NC1(c2ccccc2)CCN(CCC(CN(CCc2ccccc2)Cc2cc(C(F)(F)F)cc(C(F)(F)F)c2)c2ccc(Cl)c(Cl)c2)CC1. The van der Waals surface area contributed by atoms with E-state index in [0.717, 1.165) is 28.8 Å². The first-order valence-electron chi connectivity index (χ1n) is 17.2. The van der Waals surface area contributed by atoms with Crippen LogP contribution in [-0.4, -0.2) is 48.4 Å². The number of amides is 1. The molecule has 0 bridgehead atoms. The van der Waals surface area contributed by atoms with Gasteiger partial charge in [-0.05, 0) is 90.7 Å². The molecule has 1 saturated heterocycles. The van der Waals surface area contributed by atoms with Crippen LogP contribution in [0, 0.1) is 0 Å². The summed E-state index contributed by atoms with van der Waals surface area (Å²) in [6, 6.07) is 26.6. The fraction of sp³-hybridized carbons (Fsp3) is 0.375. The number of hydrogen-bond donors (Lipinski definition) is 1. The summed E-state index contributed by atoms with van der Waals surface area (Å²) in [7, 11) is 0. The van der Waals surface area contributed by atoms with Gasteiger partial charge in [0, 0.05) is 39.6 Å². The lowest BCUT2D eigenvalue weighted by atomic mass is 9.80. The largest absolute Gasteiger partial charge is 0.416 e. The Morgan fingerprint density at radius 2 is 1.40 bits per heavy atom. The van der Waals surface area contributed by atoms with Crippen LogP contribution in [-0.2, 0) is 35.7 Å². The second-order valence-corrected chi connectivity index (χ2v) is 14.3. The van der Waals surface area contributed by atoms with Crippen molar-refractivity contribution < 1.29 is 31.1 Å². The van der Waals surface area contributed by atoms with Crippen molar-refractivity contribution in [1.29, 1.82) is 0 Å². The number of hydrogen-bond acceptors (Lipinski definition) is 3. The summed E-state index contributed by atoms with van der Waals surface area (Å²) in [5.74, 6) is -0.287. The predicted octanol–water partition coefficient (Wildman–Crippen LogP) is 10.4. The summed E-state index contributed by atoms with van der Waals surface area (Å²) >= 11 is 12.7. The van der Waals surface area contributed by atoms with Gasteiger partial charge in [-0.1, -0.05) is 89.9 Å². The minimum atomic E-state index is -4.94. The fourth-order valence-corrected chi connectivity index (χ4v) is 7.36. The van der Waals surface area contributed by atoms with Gasteiger partial charge in [-0.15, -0.1) is 0 Å². The molecule has 52 heavy (non-hydrogen) atoms. The van der Waals surface area contributed by atoms with Crippen LogP contribution < -0.4 is 5.32 Å². The highest BCUT2D eigenvalue weighted by molar-refractivity contribution is 6.42. The summed E-state index contributed by atoms with van der Waals surface area (Å²) in [5.41, 5.74) is -0.318. The van der Waals surface area contributed by atoms with E-state index in [1.165, 1.54) is 6.92 Å². The van der Waals surface area contributed by atoms with Crippen molar-refractivity contribution in [2.75, 3.05) is 32.7 Å². The summed E-state index contributed by atoms with van der Waals surface area (Å²) in [5, 5.41) is 3.93. The van der Waals surface area contributed by atoms with E-state index in [1.54, 1.807) is 12.1 Å². The smallest absolute Gasteiger partial charge is 0.347 e. The monoisotopic (exact) mass is 763 g/mol. The van der Waals surface area contributed by atoms with E-state index in [0.29, 0.717) is 68.5 Å². The van der Waals surface area contributed by atoms with Crippen molar-refractivity contribution in [2.45, 2.75) is 63.0 Å². The molecule has 1 atom stereocenters. The Kier molecular flexibility index (Phi) is 13.0. The van der Waals surface area contributed by atoms with E-state index in [4.69, 9.17) is 23.2 Å². The molecule has 1 aliphatic heterocycles. The molecule has 1 amide bonds. The minimum Gasteiger partial charge on any atom is -0.347 e. The molecule has 1 aliphatic rings. The van der Waals surface area contributed by atoms with Crippen LogP contribution in [0.4, 0.5) is 26.3 Å². The van der Waals surface area contributed by atoms with Crippen LogP contribution in [0.3, 0.4) is 0 Å². The Morgan fingerprint density at radius 3 is 1.96 bits per heavy atom. The van der Waals surface area contributed by atoms with Gasteiger partial charge in [-0.25, -0.2) is 0 Å². The van der Waals surface area contributed by atoms with Gasteiger partial charge in [0.05, 0.1) is 26.7 Å². The molecule has 0 saturated carbocycles. The van der Waals surface area contributed by atoms with Crippen LogP contribution in [0.5, 0.6) is 0 Å². The summed E-state index contributed by atoms with van der Waals surface area (Å²) in [6.07, 6.45) is -7.31. The highest BCUT2D eigenvalue weighted by atomic mass is 35.5. The highest BCUT2D eigenvalue weighted by Crippen LogP contribution is 2.38. The first kappa shape index (κ1) is 39.6. The molecular weight excluding hydrogens is 723 g/mol. The van der Waals surface area contributed by atoms with Gasteiger partial charge in [-0.2, -0.15) is 26.3 Å². The van der Waals surface area contributed by atoms with E-state index >= 15 is 0 Å². The molecule has 1 fully saturated rings. The van der Waals surface area contributed by atoms with E-state index in [9.17, 15) is 31.1 Å². The van der Waals surface area contributed by atoms with E-state index in [-0.39, 0.29) is 30.0 Å². The molecule has 1 N–H and O–H groups in total. The molecule has 4 aromatic carbocycles. The van der Waals surface area contributed by atoms with Gasteiger partial charge in [-0.3, -0.25) is 9.69 Å². The van der Waals surface area contributed by atoms with Crippen LogP contribution in [0.15, 0.2) is 97.1 Å². The molecule has 0 radical (unpaired) electrons. The van der Waals surface area contributed by atoms with Gasteiger partial charge in [0.1, 0.15) is 0 Å². The number of benzene rings is 4. The zero-order valence-electron chi connectivity index (χ0n) is 28.7. The second kappa shape index (κ2) is 17.1. The molecule has 0 aromatic heterocycles. The van der Waals surface area contributed by atoms with Crippen LogP contribution in [0.2, 0.25) is 10.0 Å². The number of likely N-dealkylation sites (tertiary alicyclic amines) is 1. The average Bonchev–Trinajstić information content (AvgIpc) is 3.10. The molecule has 278 valence electrons. The number of nitrogens with zero attached hydrogens (tertiary/aromatic N) is 2. The molecule has 0 spiro atoms. The standard InChI is InChI=1S/C40H41Cl2F6N3O/c1-28(52)49-38(33-10-6-3-7-11-33)16-20-50(21-17-38)19-15-32(31-12-13-36(41)37(42)24-31)27-51(18-14-29-8-4-2-5-9-29)26-30-22-34(39(43,44)45)25-35(23-30)40(46,47)48/h2-13,22-25,32H,14-21,26-27H2,1H3,(H,49,52). The topological polar surface area (TPSA) is 35.6 Å². The van der Waals surface area contributed by atoms with E-state index in [2.05, 4.69) is 10.2 Å². The Hall–Kier alpha value is -3.57. The van der Waals surface area contributed by atoms with Crippen molar-refractivity contribution in [2.24, 2.45) is 0 Å². The number of alkyl halides is 6. The predicted molar refractivity (Wildman–Crippen MR) is 193 cm³/mol. The maximum Gasteiger partial charge on any atom is 0.416 e. The lowest BCUT2D eigenvalue weighted by Crippen LogP contribution is -2.52. The van der Waals surface area contributed by atoms with Crippen LogP contribution in [0.1, 0.15) is 65.5 Å². The molecule has 5 rings (SSSR count). The lowest BCUT2D eigenvalue weighted by Gasteiger charge is -2.43. The first-order valence-corrected chi connectivity index (χ1v) is 17.9. The minimum absolute atomic E-state index is 0.0747. The molecule has 4 nitrogen and oxygen atoms in total. The van der Waals surface area contributed by atoms with Crippen LogP contribution in [0.25, 0.3) is 0 Å². The number of piperidine rings is 1. The fourth-order valence-electron chi connectivity index (χ4n) is 7.05. The van der Waals surface area contributed by atoms with Gasteiger partial charge in [0.25, 0.3) is 0 Å². The number of halogens is 8. The highest BCUT2D eigenvalue weighted by Gasteiger charge is 2.38. The first-order chi connectivity index (χ1) is 24.6. The number of nitrogens with one attached hydrogen (secondary N) is 1. The third-order valence-electron chi connectivity index (χ3n) is 9.75. The lowest BCUT2D eigenvalue weighted by molar-refractivity contribution is -0.143. The zero-order valence-corrected chi connectivity index (χ0v) is 30.2. The molecule has 4 aromatic rings. The van der Waals surface area contributed by atoms with Crippen molar-refractivity contribution in [1.82, 2.24) is 15.1 Å². The molecule has 1 unspecified atom stereocenters. The molecular formula is C40H41Cl2F6N3O.